The summed E-state index contributed by atoms with van der Waals surface area (Å²) in [5.74, 6) is -1.52. The van der Waals surface area contributed by atoms with E-state index in [2.05, 4.69) is 0 Å². The molecule has 0 spiro atoms. The third-order valence-corrected chi connectivity index (χ3v) is 2.94. The number of carbonyl (C=O) groups is 2. The minimum atomic E-state index is -0.959. The summed E-state index contributed by atoms with van der Waals surface area (Å²) in [7, 11) is 1.45. The zero-order valence-corrected chi connectivity index (χ0v) is 11.5. The maximum atomic E-state index is 12.1. The average molecular weight is 301 g/mol. The fourth-order valence-electron chi connectivity index (χ4n) is 1.65. The van der Waals surface area contributed by atoms with Gasteiger partial charge in [-0.1, -0.05) is 17.7 Å². The molecule has 20 heavy (non-hydrogen) atoms. The van der Waals surface area contributed by atoms with Gasteiger partial charge in [-0.25, -0.2) is 0 Å². The van der Waals surface area contributed by atoms with Gasteiger partial charge < -0.3 is 10.0 Å². The van der Waals surface area contributed by atoms with Crippen LogP contribution in [-0.4, -0.2) is 40.4 Å². The molecule has 0 atom stereocenters. The zero-order chi connectivity index (χ0) is 15.3. The van der Waals surface area contributed by atoms with Gasteiger partial charge in [0.1, 0.15) is 10.6 Å². The molecule has 1 N–H and O–H groups in total. The first-order valence-corrected chi connectivity index (χ1v) is 6.12. The van der Waals surface area contributed by atoms with Crippen LogP contribution >= 0.6 is 11.6 Å². The molecule has 0 bridgehead atoms. The van der Waals surface area contributed by atoms with Crippen LogP contribution in [0.3, 0.4) is 0 Å². The fourth-order valence-corrected chi connectivity index (χ4v) is 1.89. The molecule has 1 aromatic carbocycles. The van der Waals surface area contributed by atoms with E-state index in [1.165, 1.54) is 30.1 Å². The van der Waals surface area contributed by atoms with Crippen molar-refractivity contribution < 1.29 is 19.6 Å². The Kier molecular flexibility index (Phi) is 5.45. The first-order chi connectivity index (χ1) is 9.34. The van der Waals surface area contributed by atoms with Gasteiger partial charge in [-0.3, -0.25) is 19.7 Å². The van der Waals surface area contributed by atoms with Gasteiger partial charge >= 0.3 is 11.7 Å². The number of nitrogens with zero attached hydrogens (tertiary/aromatic N) is 2. The zero-order valence-electron chi connectivity index (χ0n) is 10.7. The fraction of sp³-hybridized carbons (Fsp3) is 0.333. The molecule has 1 aromatic rings. The number of nitro groups is 1. The molecular weight excluding hydrogens is 288 g/mol. The van der Waals surface area contributed by atoms with E-state index in [0.29, 0.717) is 0 Å². The molecule has 0 aromatic heterocycles. The molecule has 108 valence electrons. The topological polar surface area (TPSA) is 101 Å². The smallest absolute Gasteiger partial charge is 0.303 e. The highest BCUT2D eigenvalue weighted by molar-refractivity contribution is 6.33. The van der Waals surface area contributed by atoms with Gasteiger partial charge in [-0.15, -0.1) is 0 Å². The lowest BCUT2D eigenvalue weighted by atomic mass is 10.1. The molecule has 1 rings (SSSR count). The Bertz CT molecular complexity index is 547. The van der Waals surface area contributed by atoms with E-state index in [1.54, 1.807) is 0 Å². The predicted octanol–water partition coefficient (Wildman–Crippen LogP) is 2.18. The Hall–Kier alpha value is -2.15. The highest BCUT2D eigenvalue weighted by atomic mass is 35.5. The second kappa shape index (κ2) is 6.85. The minimum Gasteiger partial charge on any atom is -0.481 e. The lowest BCUT2D eigenvalue weighted by molar-refractivity contribution is -0.385. The van der Waals surface area contributed by atoms with Crippen molar-refractivity contribution in [1.29, 1.82) is 0 Å². The molecule has 1 amide bonds. The molecule has 0 radical (unpaired) electrons. The predicted molar refractivity (Wildman–Crippen MR) is 71.9 cm³/mol. The van der Waals surface area contributed by atoms with E-state index < -0.39 is 22.5 Å². The lowest BCUT2D eigenvalue weighted by Gasteiger charge is -2.16. The van der Waals surface area contributed by atoms with Gasteiger partial charge in [0.25, 0.3) is 5.91 Å². The van der Waals surface area contributed by atoms with E-state index in [-0.39, 0.29) is 30.0 Å². The van der Waals surface area contributed by atoms with Crippen LogP contribution in [0.1, 0.15) is 23.2 Å². The van der Waals surface area contributed by atoms with Crippen LogP contribution in [-0.2, 0) is 4.79 Å². The van der Waals surface area contributed by atoms with Crippen LogP contribution in [0.4, 0.5) is 5.69 Å². The van der Waals surface area contributed by atoms with Crippen molar-refractivity contribution in [3.8, 4) is 0 Å². The van der Waals surface area contributed by atoms with E-state index >= 15 is 0 Å². The van der Waals surface area contributed by atoms with Gasteiger partial charge in [0.2, 0.25) is 0 Å². The number of para-hydroxylation sites is 1. The molecule has 7 nitrogen and oxygen atoms in total. The summed E-state index contributed by atoms with van der Waals surface area (Å²) in [4.78, 5) is 34.0. The number of carboxylic acids is 1. The van der Waals surface area contributed by atoms with Crippen LogP contribution in [0.2, 0.25) is 5.02 Å². The van der Waals surface area contributed by atoms with Crippen molar-refractivity contribution in [3.05, 3.63) is 38.9 Å². The monoisotopic (exact) mass is 300 g/mol. The van der Waals surface area contributed by atoms with E-state index in [0.717, 1.165) is 0 Å². The number of rotatable bonds is 6. The maximum Gasteiger partial charge on any atom is 0.303 e. The average Bonchev–Trinajstić information content (AvgIpc) is 2.36. The molecule has 0 aliphatic carbocycles. The summed E-state index contributed by atoms with van der Waals surface area (Å²) >= 11 is 5.73. The van der Waals surface area contributed by atoms with Crippen molar-refractivity contribution in [2.75, 3.05) is 13.6 Å². The Morgan fingerprint density at radius 2 is 2.10 bits per heavy atom. The highest BCUT2D eigenvalue weighted by Crippen LogP contribution is 2.28. The number of amides is 1. The molecule has 0 aliphatic rings. The molecule has 0 saturated heterocycles. The number of halogens is 1. The third kappa shape index (κ3) is 3.92. The van der Waals surface area contributed by atoms with Crippen LogP contribution in [0, 0.1) is 10.1 Å². The van der Waals surface area contributed by atoms with Crippen molar-refractivity contribution >= 4 is 29.2 Å². The SMILES string of the molecule is CN(CCCC(=O)O)C(=O)c1cccc(Cl)c1[N+](=O)[O-]. The van der Waals surface area contributed by atoms with Gasteiger partial charge in [-0.2, -0.15) is 0 Å². The molecule has 0 unspecified atom stereocenters. The number of benzene rings is 1. The summed E-state index contributed by atoms with van der Waals surface area (Å²) in [6.45, 7) is 0.189. The van der Waals surface area contributed by atoms with Crippen LogP contribution < -0.4 is 0 Å². The quantitative estimate of drug-likeness (QED) is 0.641. The van der Waals surface area contributed by atoms with Crippen molar-refractivity contribution in [2.24, 2.45) is 0 Å². The summed E-state index contributed by atoms with van der Waals surface area (Å²) < 4.78 is 0. The molecule has 0 heterocycles. The van der Waals surface area contributed by atoms with Crippen LogP contribution in [0.5, 0.6) is 0 Å². The second-order valence-electron chi connectivity index (χ2n) is 4.12. The van der Waals surface area contributed by atoms with E-state index in [1.807, 2.05) is 0 Å². The molecule has 0 saturated carbocycles. The number of nitro benzene ring substituents is 1. The Labute approximate surface area is 119 Å². The number of hydrogen-bond donors (Lipinski definition) is 1. The van der Waals surface area contributed by atoms with E-state index in [9.17, 15) is 19.7 Å². The van der Waals surface area contributed by atoms with Crippen molar-refractivity contribution in [2.45, 2.75) is 12.8 Å². The normalized spacial score (nSPS) is 10.1. The number of aliphatic carboxylic acids is 1. The van der Waals surface area contributed by atoms with Gasteiger partial charge in [0, 0.05) is 20.0 Å². The molecule has 0 aliphatic heterocycles. The van der Waals surface area contributed by atoms with E-state index in [4.69, 9.17) is 16.7 Å². The first-order valence-electron chi connectivity index (χ1n) is 5.74. The third-order valence-electron chi connectivity index (χ3n) is 2.63. The molecule has 8 heteroatoms. The van der Waals surface area contributed by atoms with Crippen molar-refractivity contribution in [1.82, 2.24) is 4.90 Å². The number of carbonyl (C=O) groups excluding carboxylic acids is 1. The van der Waals surface area contributed by atoms with Gasteiger partial charge in [-0.05, 0) is 18.6 Å². The van der Waals surface area contributed by atoms with Gasteiger partial charge in [0.15, 0.2) is 0 Å². The maximum absolute atomic E-state index is 12.1. The Morgan fingerprint density at radius 3 is 2.65 bits per heavy atom. The molecular formula is C12H13ClN2O5. The summed E-state index contributed by atoms with van der Waals surface area (Å²) in [6, 6.07) is 4.11. The van der Waals surface area contributed by atoms with Crippen LogP contribution in [0.15, 0.2) is 18.2 Å². The Balaban J connectivity index is 2.89. The Morgan fingerprint density at radius 1 is 1.45 bits per heavy atom. The number of hydrogen-bond acceptors (Lipinski definition) is 4. The highest BCUT2D eigenvalue weighted by Gasteiger charge is 2.25. The first kappa shape index (κ1) is 15.9. The van der Waals surface area contributed by atoms with Gasteiger partial charge in [0.05, 0.1) is 4.92 Å². The summed E-state index contributed by atoms with van der Waals surface area (Å²) in [6.07, 6.45) is 0.196. The standard InChI is InChI=1S/C12H13ClN2O5/c1-14(7-3-6-10(16)17)12(18)8-4-2-5-9(13)11(8)15(19)20/h2,4-5H,3,6-7H2,1H3,(H,16,17). The largest absolute Gasteiger partial charge is 0.481 e. The lowest BCUT2D eigenvalue weighted by Crippen LogP contribution is -2.28. The summed E-state index contributed by atoms with van der Waals surface area (Å²) in [5, 5.41) is 19.4. The minimum absolute atomic E-state index is 0.0741. The van der Waals surface area contributed by atoms with Crippen LogP contribution in [0.25, 0.3) is 0 Å². The number of carboxylic acid groups (broad SMARTS) is 1. The summed E-state index contributed by atoms with van der Waals surface area (Å²) in [5.41, 5.74) is -0.551. The second-order valence-corrected chi connectivity index (χ2v) is 4.52. The molecule has 0 fully saturated rings. The van der Waals surface area contributed by atoms with Crippen molar-refractivity contribution in [3.63, 3.8) is 0 Å².